The number of benzene rings is 2. The molecule has 0 atom stereocenters. The molecule has 0 spiro atoms. The van der Waals surface area contributed by atoms with Crippen molar-refractivity contribution >= 4 is 37.7 Å². The lowest BCUT2D eigenvalue weighted by Crippen LogP contribution is -2.25. The highest BCUT2D eigenvalue weighted by Crippen LogP contribution is 2.34. The maximum absolute atomic E-state index is 12.2. The number of sulfonamides is 1. The summed E-state index contributed by atoms with van der Waals surface area (Å²) in [7, 11) is -0.136. The summed E-state index contributed by atoms with van der Waals surface area (Å²) < 4.78 is 27.1. The lowest BCUT2D eigenvalue weighted by molar-refractivity contribution is 0.584. The van der Waals surface area contributed by atoms with Crippen molar-refractivity contribution in [3.8, 4) is 0 Å². The summed E-state index contributed by atoms with van der Waals surface area (Å²) in [5, 5.41) is 0. The lowest BCUT2D eigenvalue weighted by Gasteiger charge is -2.09. The van der Waals surface area contributed by atoms with Crippen molar-refractivity contribution in [2.75, 3.05) is 12.3 Å². The zero-order valence-electron chi connectivity index (χ0n) is 14.9. The summed E-state index contributed by atoms with van der Waals surface area (Å²) in [6.07, 6.45) is 5.71. The van der Waals surface area contributed by atoms with Gasteiger partial charge < -0.3 is 0 Å². The van der Waals surface area contributed by atoms with Crippen molar-refractivity contribution in [1.29, 1.82) is 0 Å². The van der Waals surface area contributed by atoms with Crippen molar-refractivity contribution < 1.29 is 8.42 Å². The fourth-order valence-corrected chi connectivity index (χ4v) is 5.55. The van der Waals surface area contributed by atoms with Gasteiger partial charge in [-0.2, -0.15) is 0 Å². The van der Waals surface area contributed by atoms with Gasteiger partial charge in [-0.3, -0.25) is 0 Å². The van der Waals surface area contributed by atoms with Gasteiger partial charge in [-0.15, -0.1) is 0 Å². The monoisotopic (exact) mass is 405 g/mol. The van der Waals surface area contributed by atoms with Gasteiger partial charge in [-0.25, -0.2) is 13.1 Å². The van der Waals surface area contributed by atoms with E-state index in [2.05, 4.69) is 30.4 Å². The molecule has 0 aliphatic carbocycles. The molecule has 3 nitrogen and oxygen atoms in total. The van der Waals surface area contributed by atoms with E-state index in [1.165, 1.54) is 10.5 Å². The summed E-state index contributed by atoms with van der Waals surface area (Å²) in [6, 6.07) is 13.0. The Balaban J connectivity index is 1.85. The molecule has 0 radical (unpaired) electrons. The number of nitrogens with one attached hydrogen (secondary N) is 1. The first-order chi connectivity index (χ1) is 12.4. The first kappa shape index (κ1) is 20.8. The Hall–Kier alpha value is -1.47. The van der Waals surface area contributed by atoms with Crippen LogP contribution in [0.1, 0.15) is 16.7 Å². The molecule has 0 saturated carbocycles. The fourth-order valence-electron chi connectivity index (χ4n) is 2.20. The Labute approximate surface area is 164 Å². The van der Waals surface area contributed by atoms with Crippen LogP contribution in [-0.4, -0.2) is 20.7 Å². The average molecular weight is 406 g/mol. The minimum absolute atomic E-state index is 0.304. The van der Waals surface area contributed by atoms with E-state index in [1.807, 2.05) is 25.1 Å². The molecule has 0 unspecified atom stereocenters. The first-order valence-electron chi connectivity index (χ1n) is 8.18. The Morgan fingerprint density at radius 1 is 1.12 bits per heavy atom. The van der Waals surface area contributed by atoms with Gasteiger partial charge >= 0.3 is 0 Å². The highest BCUT2D eigenvalue weighted by atomic mass is 33.1. The molecule has 0 aliphatic heterocycles. The molecule has 0 fully saturated rings. The lowest BCUT2D eigenvalue weighted by atomic mass is 10.1. The van der Waals surface area contributed by atoms with E-state index in [4.69, 9.17) is 0 Å². The zero-order chi connectivity index (χ0) is 19.0. The number of hydrogen-bond acceptors (Lipinski definition) is 4. The second kappa shape index (κ2) is 10.0. The third kappa shape index (κ3) is 6.06. The van der Waals surface area contributed by atoms with Crippen LogP contribution in [0, 0.1) is 13.8 Å². The zero-order valence-corrected chi connectivity index (χ0v) is 17.4. The van der Waals surface area contributed by atoms with E-state index in [0.717, 1.165) is 11.1 Å². The normalized spacial score (nSPS) is 11.8. The van der Waals surface area contributed by atoms with Crippen LogP contribution in [0.3, 0.4) is 0 Å². The Morgan fingerprint density at radius 3 is 2.54 bits per heavy atom. The molecule has 138 valence electrons. The minimum Gasteiger partial charge on any atom is -0.210 e. The van der Waals surface area contributed by atoms with Crippen molar-refractivity contribution in [1.82, 2.24) is 4.72 Å². The van der Waals surface area contributed by atoms with Crippen molar-refractivity contribution in [3.63, 3.8) is 0 Å². The number of hydrogen-bond donors (Lipinski definition) is 1. The molecule has 6 heteroatoms. The van der Waals surface area contributed by atoms with Crippen LogP contribution in [0.5, 0.6) is 0 Å². The molecule has 0 bridgehead atoms. The predicted octanol–water partition coefficient (Wildman–Crippen LogP) is 5.22. The van der Waals surface area contributed by atoms with Crippen LogP contribution in [0.25, 0.3) is 6.08 Å². The molecule has 0 saturated heterocycles. The Kier molecular flexibility index (Phi) is 8.03. The summed E-state index contributed by atoms with van der Waals surface area (Å²) in [5.74, 6) is 0.682. The molecule has 0 aliphatic rings. The van der Waals surface area contributed by atoms with Gasteiger partial charge in [0.1, 0.15) is 0 Å². The fraction of sp³-hybridized carbons (Fsp3) is 0.200. The summed E-state index contributed by atoms with van der Waals surface area (Å²) >= 11 is 0. The second-order valence-corrected chi connectivity index (χ2v) is 9.91. The molecular weight excluding hydrogens is 382 g/mol. The smallest absolute Gasteiger partial charge is 0.210 e. The third-order valence-corrected chi connectivity index (χ3v) is 7.67. The van der Waals surface area contributed by atoms with Crippen LogP contribution in [0.4, 0.5) is 0 Å². The van der Waals surface area contributed by atoms with Gasteiger partial charge in [0.2, 0.25) is 10.0 Å². The van der Waals surface area contributed by atoms with Crippen molar-refractivity contribution in [3.05, 3.63) is 77.9 Å². The molecular formula is C20H23NO2S3. The molecule has 2 aromatic rings. The highest BCUT2D eigenvalue weighted by molar-refractivity contribution is 8.76. The van der Waals surface area contributed by atoms with E-state index in [9.17, 15) is 8.42 Å². The summed E-state index contributed by atoms with van der Waals surface area (Å²) in [6.45, 7) is 8.10. The van der Waals surface area contributed by atoms with Crippen molar-refractivity contribution in [2.24, 2.45) is 0 Å². The van der Waals surface area contributed by atoms with Gasteiger partial charge in [-0.1, -0.05) is 76.2 Å². The van der Waals surface area contributed by atoms with E-state index in [0.29, 0.717) is 17.2 Å². The minimum atomic E-state index is -3.44. The van der Waals surface area contributed by atoms with Crippen molar-refractivity contribution in [2.45, 2.75) is 23.6 Å². The van der Waals surface area contributed by atoms with Gasteiger partial charge in [0.15, 0.2) is 0 Å². The highest BCUT2D eigenvalue weighted by Gasteiger charge is 2.12. The summed E-state index contributed by atoms with van der Waals surface area (Å²) in [4.78, 5) is 1.49. The van der Waals surface area contributed by atoms with E-state index in [-0.39, 0.29) is 0 Å². The Bertz CT molecular complexity index is 872. The van der Waals surface area contributed by atoms with E-state index in [1.54, 1.807) is 51.9 Å². The number of aryl methyl sites for hydroxylation is 1. The van der Waals surface area contributed by atoms with Crippen LogP contribution in [0.15, 0.2) is 71.0 Å². The second-order valence-electron chi connectivity index (χ2n) is 5.68. The number of allylic oxidation sites excluding steroid dienone is 2. The number of rotatable bonds is 9. The molecule has 1 N–H and O–H groups in total. The first-order valence-corrected chi connectivity index (χ1v) is 12.0. The SMILES string of the molecule is C=C/C=C\c1cccc(SSCCNS(=O)(=O)c2ccc(C)cc2)c1C. The van der Waals surface area contributed by atoms with E-state index >= 15 is 0 Å². The molecule has 0 heterocycles. The molecule has 2 aromatic carbocycles. The Morgan fingerprint density at radius 2 is 1.85 bits per heavy atom. The van der Waals surface area contributed by atoms with Gasteiger partial charge in [0.05, 0.1) is 4.90 Å². The maximum atomic E-state index is 12.2. The van der Waals surface area contributed by atoms with Crippen LogP contribution in [0.2, 0.25) is 0 Å². The standard InChI is InChI=1S/C20H23NO2S3/c1-4-5-7-18-8-6-9-20(17(18)3)25-24-15-14-21-26(22,23)19-12-10-16(2)11-13-19/h4-13,21H,1,14-15H2,2-3H3/b7-5-. The summed E-state index contributed by atoms with van der Waals surface area (Å²) in [5.41, 5.74) is 3.41. The average Bonchev–Trinajstić information content (AvgIpc) is 2.62. The van der Waals surface area contributed by atoms with Crippen LogP contribution >= 0.6 is 21.6 Å². The topological polar surface area (TPSA) is 46.2 Å². The molecule has 26 heavy (non-hydrogen) atoms. The molecule has 0 amide bonds. The largest absolute Gasteiger partial charge is 0.240 e. The van der Waals surface area contributed by atoms with Crippen LogP contribution in [-0.2, 0) is 10.0 Å². The van der Waals surface area contributed by atoms with Crippen LogP contribution < -0.4 is 4.72 Å². The third-order valence-electron chi connectivity index (χ3n) is 3.70. The molecule has 0 aromatic heterocycles. The van der Waals surface area contributed by atoms with Gasteiger partial charge in [-0.05, 0) is 43.2 Å². The maximum Gasteiger partial charge on any atom is 0.240 e. The van der Waals surface area contributed by atoms with Gasteiger partial charge in [0.25, 0.3) is 0 Å². The predicted molar refractivity (Wildman–Crippen MR) is 115 cm³/mol. The molecule has 2 rings (SSSR count). The van der Waals surface area contributed by atoms with Gasteiger partial charge in [0, 0.05) is 17.2 Å². The quantitative estimate of drug-likeness (QED) is 0.353. The van der Waals surface area contributed by atoms with E-state index < -0.39 is 10.0 Å².